The first-order valence-corrected chi connectivity index (χ1v) is 9.97. The third-order valence-electron chi connectivity index (χ3n) is 5.92. The van der Waals surface area contributed by atoms with Crippen molar-refractivity contribution in [1.29, 1.82) is 0 Å². The lowest BCUT2D eigenvalue weighted by Crippen LogP contribution is -2.59. The quantitative estimate of drug-likeness (QED) is 0.766. The van der Waals surface area contributed by atoms with Gasteiger partial charge >= 0.3 is 0 Å². The second-order valence-corrected chi connectivity index (χ2v) is 8.14. The van der Waals surface area contributed by atoms with Crippen molar-refractivity contribution in [3.8, 4) is 11.1 Å². The van der Waals surface area contributed by atoms with Gasteiger partial charge in [-0.3, -0.25) is 4.90 Å². The van der Waals surface area contributed by atoms with Crippen LogP contribution in [0.1, 0.15) is 19.8 Å². The van der Waals surface area contributed by atoms with E-state index in [-0.39, 0.29) is 0 Å². The molecule has 2 bridgehead atoms. The Hall–Kier alpha value is -1.98. The molecule has 2 aromatic heterocycles. The second-order valence-electron chi connectivity index (χ2n) is 7.23. The molecule has 3 aliphatic rings. The molecule has 0 spiro atoms. The Morgan fingerprint density at radius 2 is 1.88 bits per heavy atom. The van der Waals surface area contributed by atoms with Crippen LogP contribution in [0.5, 0.6) is 0 Å². The summed E-state index contributed by atoms with van der Waals surface area (Å²) in [5, 5.41) is 7.09. The first-order chi connectivity index (χ1) is 12.3. The molecule has 5 heterocycles. The molecule has 3 aromatic rings. The standard InChI is InChI=1S/C20H22N4S/c1-13-19(14-6-8-24(13)9-7-14)23-20-21-10-15(11-22-20)17-12-25-18-5-3-2-4-16(17)18/h2-5,10-14,19H,6-9H2,1H3,(H,21,22,23). The lowest BCUT2D eigenvalue weighted by atomic mass is 9.79. The first-order valence-electron chi connectivity index (χ1n) is 9.09. The van der Waals surface area contributed by atoms with Gasteiger partial charge in [0.15, 0.2) is 0 Å². The Bertz CT molecular complexity index is 878. The van der Waals surface area contributed by atoms with Crippen LogP contribution in [0.4, 0.5) is 5.95 Å². The van der Waals surface area contributed by atoms with Gasteiger partial charge in [0, 0.05) is 45.7 Å². The fraction of sp³-hybridized carbons (Fsp3) is 0.400. The summed E-state index contributed by atoms with van der Waals surface area (Å²) in [5.41, 5.74) is 2.31. The fourth-order valence-corrected chi connectivity index (χ4v) is 5.41. The van der Waals surface area contributed by atoms with E-state index in [1.807, 2.05) is 12.4 Å². The maximum atomic E-state index is 4.62. The predicted octanol–water partition coefficient (Wildman–Crippen LogP) is 4.25. The third-order valence-corrected chi connectivity index (χ3v) is 6.88. The Kier molecular flexibility index (Phi) is 3.71. The molecule has 0 radical (unpaired) electrons. The Labute approximate surface area is 151 Å². The molecule has 25 heavy (non-hydrogen) atoms. The number of fused-ring (bicyclic) bond motifs is 4. The molecule has 1 aromatic carbocycles. The van der Waals surface area contributed by atoms with Crippen molar-refractivity contribution >= 4 is 27.4 Å². The number of rotatable bonds is 3. The second kappa shape index (κ2) is 6.07. The minimum Gasteiger partial charge on any atom is -0.350 e. The average molecular weight is 350 g/mol. The van der Waals surface area contributed by atoms with Gasteiger partial charge in [0.2, 0.25) is 5.95 Å². The van der Waals surface area contributed by atoms with Gasteiger partial charge in [-0.15, -0.1) is 11.3 Å². The first kappa shape index (κ1) is 15.3. The summed E-state index contributed by atoms with van der Waals surface area (Å²) in [6, 6.07) is 9.54. The number of anilines is 1. The monoisotopic (exact) mass is 350 g/mol. The summed E-state index contributed by atoms with van der Waals surface area (Å²) in [7, 11) is 0. The summed E-state index contributed by atoms with van der Waals surface area (Å²) in [6.45, 7) is 4.82. The van der Waals surface area contributed by atoms with Crippen molar-refractivity contribution in [1.82, 2.24) is 14.9 Å². The van der Waals surface area contributed by atoms with Gasteiger partial charge < -0.3 is 5.32 Å². The van der Waals surface area contributed by atoms with Crippen LogP contribution in [-0.2, 0) is 0 Å². The molecule has 1 N–H and O–H groups in total. The number of hydrogen-bond acceptors (Lipinski definition) is 5. The number of aromatic nitrogens is 2. The zero-order valence-electron chi connectivity index (χ0n) is 14.4. The van der Waals surface area contributed by atoms with E-state index in [1.54, 1.807) is 11.3 Å². The van der Waals surface area contributed by atoms with Gasteiger partial charge in [-0.1, -0.05) is 18.2 Å². The zero-order valence-corrected chi connectivity index (χ0v) is 15.2. The molecule has 2 unspecified atom stereocenters. The normalized spacial score (nSPS) is 28.4. The third kappa shape index (κ3) is 2.62. The van der Waals surface area contributed by atoms with Crippen LogP contribution < -0.4 is 5.32 Å². The molecule has 4 nitrogen and oxygen atoms in total. The SMILES string of the molecule is CC1C(Nc2ncc(-c3csc4ccccc34)cn2)C2CCN1CC2. The van der Waals surface area contributed by atoms with E-state index >= 15 is 0 Å². The topological polar surface area (TPSA) is 41.1 Å². The zero-order chi connectivity index (χ0) is 16.8. The highest BCUT2D eigenvalue weighted by molar-refractivity contribution is 7.17. The van der Waals surface area contributed by atoms with Gasteiger partial charge in [-0.25, -0.2) is 9.97 Å². The van der Waals surface area contributed by atoms with Crippen LogP contribution in [0.15, 0.2) is 42.0 Å². The molecular formula is C20H22N4S. The van der Waals surface area contributed by atoms with Crippen LogP contribution in [0.3, 0.4) is 0 Å². The van der Waals surface area contributed by atoms with E-state index in [4.69, 9.17) is 0 Å². The molecule has 3 aliphatic heterocycles. The van der Waals surface area contributed by atoms with E-state index in [0.717, 1.165) is 17.4 Å². The smallest absolute Gasteiger partial charge is 0.222 e. The molecule has 3 saturated heterocycles. The van der Waals surface area contributed by atoms with Gasteiger partial charge in [0.05, 0.1) is 0 Å². The van der Waals surface area contributed by atoms with E-state index in [1.165, 1.54) is 41.6 Å². The minimum atomic E-state index is 0.468. The largest absolute Gasteiger partial charge is 0.350 e. The number of benzene rings is 1. The summed E-state index contributed by atoms with van der Waals surface area (Å²) in [4.78, 5) is 11.8. The Morgan fingerprint density at radius 3 is 2.64 bits per heavy atom. The van der Waals surface area contributed by atoms with E-state index in [0.29, 0.717) is 12.1 Å². The molecular weight excluding hydrogens is 328 g/mol. The van der Waals surface area contributed by atoms with Crippen LogP contribution in [0.25, 0.3) is 21.2 Å². The van der Waals surface area contributed by atoms with Crippen molar-refractivity contribution in [2.45, 2.75) is 31.8 Å². The molecule has 0 saturated carbocycles. The average Bonchev–Trinajstić information content (AvgIpc) is 3.10. The summed E-state index contributed by atoms with van der Waals surface area (Å²) in [5.74, 6) is 1.51. The summed E-state index contributed by atoms with van der Waals surface area (Å²) >= 11 is 1.77. The highest BCUT2D eigenvalue weighted by atomic mass is 32.1. The van der Waals surface area contributed by atoms with Crippen molar-refractivity contribution in [2.24, 2.45) is 5.92 Å². The van der Waals surface area contributed by atoms with E-state index in [2.05, 4.69) is 56.8 Å². The lowest BCUT2D eigenvalue weighted by Gasteiger charge is -2.49. The number of nitrogens with one attached hydrogen (secondary N) is 1. The van der Waals surface area contributed by atoms with E-state index in [9.17, 15) is 0 Å². The fourth-order valence-electron chi connectivity index (χ4n) is 4.44. The van der Waals surface area contributed by atoms with Crippen LogP contribution >= 0.6 is 11.3 Å². The van der Waals surface area contributed by atoms with Crippen molar-refractivity contribution in [3.63, 3.8) is 0 Å². The van der Waals surface area contributed by atoms with Gasteiger partial charge in [0.1, 0.15) is 0 Å². The highest BCUT2D eigenvalue weighted by Gasteiger charge is 2.39. The molecule has 0 amide bonds. The van der Waals surface area contributed by atoms with Crippen molar-refractivity contribution < 1.29 is 0 Å². The van der Waals surface area contributed by atoms with Crippen molar-refractivity contribution in [2.75, 3.05) is 18.4 Å². The highest BCUT2D eigenvalue weighted by Crippen LogP contribution is 2.35. The minimum absolute atomic E-state index is 0.468. The number of thiophene rings is 1. The maximum absolute atomic E-state index is 4.62. The lowest BCUT2D eigenvalue weighted by molar-refractivity contribution is 0.0455. The van der Waals surface area contributed by atoms with Crippen LogP contribution in [0, 0.1) is 5.92 Å². The molecule has 5 heteroatoms. The van der Waals surface area contributed by atoms with E-state index < -0.39 is 0 Å². The molecule has 2 atom stereocenters. The summed E-state index contributed by atoms with van der Waals surface area (Å²) in [6.07, 6.45) is 6.49. The summed E-state index contributed by atoms with van der Waals surface area (Å²) < 4.78 is 1.31. The number of piperidine rings is 3. The molecule has 6 rings (SSSR count). The van der Waals surface area contributed by atoms with Crippen LogP contribution in [0.2, 0.25) is 0 Å². The molecule has 3 fully saturated rings. The Morgan fingerprint density at radius 1 is 1.12 bits per heavy atom. The predicted molar refractivity (Wildman–Crippen MR) is 104 cm³/mol. The molecule has 0 aliphatic carbocycles. The van der Waals surface area contributed by atoms with Gasteiger partial charge in [-0.2, -0.15) is 0 Å². The Balaban J connectivity index is 1.39. The van der Waals surface area contributed by atoms with Crippen molar-refractivity contribution in [3.05, 3.63) is 42.0 Å². The number of hydrogen-bond donors (Lipinski definition) is 1. The van der Waals surface area contributed by atoms with Gasteiger partial charge in [-0.05, 0) is 50.2 Å². The maximum Gasteiger partial charge on any atom is 0.222 e. The molecule has 128 valence electrons. The van der Waals surface area contributed by atoms with Crippen LogP contribution in [-0.4, -0.2) is 40.0 Å². The van der Waals surface area contributed by atoms with Gasteiger partial charge in [0.25, 0.3) is 0 Å². The number of nitrogens with zero attached hydrogens (tertiary/aromatic N) is 3.